The molecule has 6 heteroatoms. The fourth-order valence-corrected chi connectivity index (χ4v) is 7.14. The van der Waals surface area contributed by atoms with Crippen molar-refractivity contribution in [3.8, 4) is 5.75 Å². The number of benzene rings is 1. The summed E-state index contributed by atoms with van der Waals surface area (Å²) in [6.07, 6.45) is 3.35. The molecule has 5 aliphatic rings. The maximum absolute atomic E-state index is 12.9. The van der Waals surface area contributed by atoms with Gasteiger partial charge in [-0.1, -0.05) is 17.7 Å². The topological polar surface area (TPSA) is 62.2 Å². The van der Waals surface area contributed by atoms with Crippen LogP contribution in [0.1, 0.15) is 25.3 Å². The summed E-state index contributed by atoms with van der Waals surface area (Å²) >= 11 is 0. The Balaban J connectivity index is 1.62. The van der Waals surface area contributed by atoms with Crippen LogP contribution in [0.2, 0.25) is 0 Å². The van der Waals surface area contributed by atoms with Gasteiger partial charge in [-0.3, -0.25) is 9.69 Å². The van der Waals surface area contributed by atoms with Gasteiger partial charge in [-0.15, -0.1) is 0 Å². The molecule has 6 atom stereocenters. The van der Waals surface area contributed by atoms with Crippen LogP contribution in [0.25, 0.3) is 0 Å². The largest absolute Gasteiger partial charge is 0.497 e. The molecule has 0 unspecified atom stereocenters. The summed E-state index contributed by atoms with van der Waals surface area (Å²) in [4.78, 5) is 17.5. The third kappa shape index (κ3) is 1.86. The molecule has 2 saturated heterocycles. The Kier molecular flexibility index (Phi) is 3.39. The van der Waals surface area contributed by atoms with Gasteiger partial charge in [0.2, 0.25) is 5.91 Å². The predicted molar refractivity (Wildman–Crippen MR) is 103 cm³/mol. The third-order valence-electron chi connectivity index (χ3n) is 8.07. The number of ether oxygens (including phenoxy) is 2. The van der Waals surface area contributed by atoms with Gasteiger partial charge in [0.15, 0.2) is 6.29 Å². The lowest BCUT2D eigenvalue weighted by Crippen LogP contribution is -2.66. The predicted octanol–water partition coefficient (Wildman–Crippen LogP) is 1.67. The lowest BCUT2D eigenvalue weighted by atomic mass is 9.55. The van der Waals surface area contributed by atoms with Gasteiger partial charge in [-0.25, -0.2) is 0 Å². The minimum atomic E-state index is -0.855. The zero-order chi connectivity index (χ0) is 19.2. The summed E-state index contributed by atoms with van der Waals surface area (Å²) < 4.78 is 11.3. The molecule has 28 heavy (non-hydrogen) atoms. The number of carbonyl (C=O) groups excluding carboxylic acids is 1. The van der Waals surface area contributed by atoms with Crippen molar-refractivity contribution in [3.05, 3.63) is 35.4 Å². The van der Waals surface area contributed by atoms with Crippen molar-refractivity contribution in [2.75, 3.05) is 31.7 Å². The van der Waals surface area contributed by atoms with Crippen LogP contribution in [0.15, 0.2) is 29.8 Å². The minimum absolute atomic E-state index is 0.0248. The van der Waals surface area contributed by atoms with E-state index in [1.807, 2.05) is 17.0 Å². The van der Waals surface area contributed by atoms with E-state index in [9.17, 15) is 9.90 Å². The highest BCUT2D eigenvalue weighted by Crippen LogP contribution is 2.64. The van der Waals surface area contributed by atoms with E-state index in [4.69, 9.17) is 9.47 Å². The first-order valence-corrected chi connectivity index (χ1v) is 10.3. The van der Waals surface area contributed by atoms with Gasteiger partial charge in [0, 0.05) is 36.9 Å². The molecule has 6 nitrogen and oxygen atoms in total. The maximum atomic E-state index is 12.9. The third-order valence-corrected chi connectivity index (χ3v) is 8.07. The van der Waals surface area contributed by atoms with Crippen molar-refractivity contribution >= 4 is 11.6 Å². The Labute approximate surface area is 164 Å². The average Bonchev–Trinajstić information content (AvgIpc) is 3.15. The van der Waals surface area contributed by atoms with Crippen LogP contribution >= 0.6 is 0 Å². The molecular weight excluding hydrogens is 356 g/mol. The summed E-state index contributed by atoms with van der Waals surface area (Å²) in [5.41, 5.74) is 3.43. The minimum Gasteiger partial charge on any atom is -0.497 e. The van der Waals surface area contributed by atoms with E-state index in [-0.39, 0.29) is 29.2 Å². The van der Waals surface area contributed by atoms with Gasteiger partial charge >= 0.3 is 0 Å². The molecule has 1 aromatic rings. The van der Waals surface area contributed by atoms with Crippen molar-refractivity contribution in [1.82, 2.24) is 4.90 Å². The Morgan fingerprint density at radius 2 is 2.25 bits per heavy atom. The molecule has 1 amide bonds. The van der Waals surface area contributed by atoms with Gasteiger partial charge in [-0.2, -0.15) is 0 Å². The van der Waals surface area contributed by atoms with E-state index in [1.165, 1.54) is 11.1 Å². The molecule has 1 saturated carbocycles. The van der Waals surface area contributed by atoms with Crippen molar-refractivity contribution in [2.24, 2.45) is 11.8 Å². The standard InChI is InChI=1S/C22H26N2O4/c1-12(25)24-17-9-14(27-2)3-4-16(17)22-6-7-23-11-13-5-8-28-21(26)19(20(22)24)15(13)10-18(22)23/h3-5,9,15,18-21,26H,6-8,10-11H2,1-2H3/t15-,18-,19-,20+,21-,22+/m0/s1. The molecule has 1 N–H and O–H groups in total. The SMILES string of the molecule is COc1ccc2c(c1)N(C(C)=O)[C@@H]1[C@H]3[C@@H](O)OCC=C4CN5CC[C@]21[C@@H]5C[C@@H]43. The molecule has 4 heterocycles. The lowest BCUT2D eigenvalue weighted by Gasteiger charge is -2.56. The quantitative estimate of drug-likeness (QED) is 0.749. The number of nitrogens with zero attached hydrogens (tertiary/aromatic N) is 2. The number of aliphatic hydroxyl groups is 1. The number of aliphatic hydroxyl groups excluding tert-OH is 1. The molecule has 6 rings (SSSR count). The first kappa shape index (κ1) is 17.0. The summed E-state index contributed by atoms with van der Waals surface area (Å²) in [6, 6.07) is 6.48. The second-order valence-corrected chi connectivity index (χ2v) is 8.92. The lowest BCUT2D eigenvalue weighted by molar-refractivity contribution is -0.156. The Bertz CT molecular complexity index is 899. The zero-order valence-corrected chi connectivity index (χ0v) is 16.3. The number of piperidine rings is 1. The summed E-state index contributed by atoms with van der Waals surface area (Å²) in [5.74, 6) is 0.952. The van der Waals surface area contributed by atoms with Gasteiger partial charge in [0.05, 0.1) is 25.4 Å². The van der Waals surface area contributed by atoms with E-state index < -0.39 is 6.29 Å². The molecule has 0 aromatic heterocycles. The Morgan fingerprint density at radius 1 is 1.39 bits per heavy atom. The smallest absolute Gasteiger partial charge is 0.224 e. The monoisotopic (exact) mass is 382 g/mol. The molecule has 0 radical (unpaired) electrons. The van der Waals surface area contributed by atoms with Crippen LogP contribution in [0.3, 0.4) is 0 Å². The zero-order valence-electron chi connectivity index (χ0n) is 16.3. The molecule has 3 fully saturated rings. The van der Waals surface area contributed by atoms with Crippen LogP contribution in [0.5, 0.6) is 5.75 Å². The van der Waals surface area contributed by atoms with E-state index in [0.29, 0.717) is 12.6 Å². The second-order valence-electron chi connectivity index (χ2n) is 8.92. The average molecular weight is 382 g/mol. The Morgan fingerprint density at radius 3 is 3.04 bits per heavy atom. The highest BCUT2D eigenvalue weighted by molar-refractivity contribution is 5.96. The van der Waals surface area contributed by atoms with Crippen molar-refractivity contribution in [2.45, 2.75) is 43.6 Å². The number of amides is 1. The molecule has 1 aliphatic carbocycles. The highest BCUT2D eigenvalue weighted by atomic mass is 16.6. The number of fused-ring (bicyclic) bond motifs is 2. The molecule has 4 aliphatic heterocycles. The van der Waals surface area contributed by atoms with Crippen molar-refractivity contribution < 1.29 is 19.4 Å². The normalized spacial score (nSPS) is 40.5. The van der Waals surface area contributed by atoms with Gasteiger partial charge in [-0.05, 0) is 36.9 Å². The van der Waals surface area contributed by atoms with Crippen LogP contribution in [0, 0.1) is 11.8 Å². The summed E-state index contributed by atoms with van der Waals surface area (Å²) in [7, 11) is 1.66. The first-order valence-electron chi connectivity index (χ1n) is 10.3. The van der Waals surface area contributed by atoms with E-state index >= 15 is 0 Å². The van der Waals surface area contributed by atoms with E-state index in [2.05, 4.69) is 17.0 Å². The molecule has 148 valence electrons. The van der Waals surface area contributed by atoms with Crippen LogP contribution in [-0.2, 0) is 14.9 Å². The highest BCUT2D eigenvalue weighted by Gasteiger charge is 2.69. The molecule has 2 bridgehead atoms. The van der Waals surface area contributed by atoms with Crippen LogP contribution in [0.4, 0.5) is 5.69 Å². The fraction of sp³-hybridized carbons (Fsp3) is 0.591. The van der Waals surface area contributed by atoms with Crippen molar-refractivity contribution in [1.29, 1.82) is 0 Å². The number of methoxy groups -OCH3 is 1. The summed E-state index contributed by atoms with van der Waals surface area (Å²) in [5, 5.41) is 11.0. The number of rotatable bonds is 1. The Hall–Kier alpha value is -1.89. The molecule has 1 aromatic carbocycles. The number of hydrogen-bond acceptors (Lipinski definition) is 5. The van der Waals surface area contributed by atoms with Gasteiger partial charge < -0.3 is 19.5 Å². The number of hydrogen-bond donors (Lipinski definition) is 1. The molecule has 1 spiro atoms. The van der Waals surface area contributed by atoms with Gasteiger partial charge in [0.1, 0.15) is 5.75 Å². The number of anilines is 1. The van der Waals surface area contributed by atoms with E-state index in [1.54, 1.807) is 14.0 Å². The fourth-order valence-electron chi connectivity index (χ4n) is 7.14. The van der Waals surface area contributed by atoms with Crippen LogP contribution in [-0.4, -0.2) is 61.1 Å². The van der Waals surface area contributed by atoms with Crippen LogP contribution < -0.4 is 9.64 Å². The second kappa shape index (κ2) is 5.59. The van der Waals surface area contributed by atoms with Crippen molar-refractivity contribution in [3.63, 3.8) is 0 Å². The van der Waals surface area contributed by atoms with E-state index in [0.717, 1.165) is 37.4 Å². The molecular formula is C22H26N2O4. The summed E-state index contributed by atoms with van der Waals surface area (Å²) in [6.45, 7) is 4.08. The number of carbonyl (C=O) groups is 1. The first-order chi connectivity index (χ1) is 13.6. The maximum Gasteiger partial charge on any atom is 0.224 e. The van der Waals surface area contributed by atoms with Gasteiger partial charge in [0.25, 0.3) is 0 Å².